The minimum Gasteiger partial charge on any atom is -0.460 e. The van der Waals surface area contributed by atoms with E-state index in [9.17, 15) is 19.5 Å². The van der Waals surface area contributed by atoms with Crippen LogP contribution in [0.3, 0.4) is 0 Å². The van der Waals surface area contributed by atoms with Crippen LogP contribution in [0.2, 0.25) is 0 Å². The number of likely N-dealkylation sites (N-methyl/N-ethyl adjacent to an activating group) is 1. The number of nitrogens with zero attached hydrogens (tertiary/aromatic N) is 2. The minimum atomic E-state index is -1.28. The second kappa shape index (κ2) is 16.5. The molecule has 6 aliphatic rings. The molecule has 1 unspecified atom stereocenters. The molecule has 328 valence electrons. The topological polar surface area (TPSA) is 120 Å². The molecule has 7 rings (SSSR count). The lowest BCUT2D eigenvalue weighted by Crippen LogP contribution is -2.65. The Balaban J connectivity index is 1.08. The number of rotatable bonds is 11. The predicted molar refractivity (Wildman–Crippen MR) is 231 cm³/mol. The molecule has 10 heteroatoms. The third kappa shape index (κ3) is 7.95. The normalized spacial score (nSPS) is 37.0. The summed E-state index contributed by atoms with van der Waals surface area (Å²) < 4.78 is 12.1. The summed E-state index contributed by atoms with van der Waals surface area (Å²) in [7, 11) is 2.19. The number of hydrogen-bond donors (Lipinski definition) is 3. The van der Waals surface area contributed by atoms with Crippen molar-refractivity contribution in [3.8, 4) is 0 Å². The number of benzene rings is 1. The molecule has 1 heterocycles. The van der Waals surface area contributed by atoms with E-state index in [1.807, 2.05) is 0 Å². The van der Waals surface area contributed by atoms with Crippen molar-refractivity contribution in [1.82, 2.24) is 20.4 Å². The van der Waals surface area contributed by atoms with E-state index in [1.54, 1.807) is 29.8 Å². The zero-order chi connectivity index (χ0) is 42.6. The molecule has 5 aliphatic carbocycles. The monoisotopic (exact) mass is 817 g/mol. The first-order chi connectivity index (χ1) is 27.8. The summed E-state index contributed by atoms with van der Waals surface area (Å²) in [4.78, 5) is 43.8. The lowest BCUT2D eigenvalue weighted by atomic mass is 9.33. The standard InChI is InChI=1S/C49H76N4O6/c1-33(54)50-25-31-58-41(55)34-12-10-11-13-35(34)42(56)59-40-17-18-46(6)38(45(40,4)5)16-19-48(8)39(46)15-14-36-37-32-44(2,3)20-22-49(37,23-21-47(36,48)7)43(57)51-24-26-53-29-27-52(9)28-30-53/h10-14,37-40,42,56H,15-32H2,1-9H3,(H,50,54)(H,51,57)/t37-,38-,39+,40-,42?,46-,47+,48+,49-/m0/s1. The number of amides is 2. The van der Waals surface area contributed by atoms with Crippen molar-refractivity contribution in [1.29, 1.82) is 0 Å². The molecule has 0 aromatic heterocycles. The van der Waals surface area contributed by atoms with Crippen molar-refractivity contribution >= 4 is 17.8 Å². The third-order valence-electron chi connectivity index (χ3n) is 17.8. The van der Waals surface area contributed by atoms with Crippen molar-refractivity contribution in [2.24, 2.45) is 50.2 Å². The fraction of sp³-hybridized carbons (Fsp3) is 0.776. The summed E-state index contributed by atoms with van der Waals surface area (Å²) in [5, 5.41) is 17.8. The molecular weight excluding hydrogens is 741 g/mol. The molecule has 0 radical (unpaired) electrons. The number of esters is 1. The molecule has 0 bridgehead atoms. The maximum Gasteiger partial charge on any atom is 0.338 e. The van der Waals surface area contributed by atoms with Gasteiger partial charge in [-0.05, 0) is 122 Å². The van der Waals surface area contributed by atoms with E-state index in [-0.39, 0.29) is 69.1 Å². The first kappa shape index (κ1) is 44.3. The fourth-order valence-corrected chi connectivity index (χ4v) is 14.0. The average molecular weight is 817 g/mol. The largest absolute Gasteiger partial charge is 0.460 e. The van der Waals surface area contributed by atoms with Gasteiger partial charge in [0.1, 0.15) is 6.61 Å². The molecule has 2 amide bonds. The average Bonchev–Trinajstić information content (AvgIpc) is 3.18. The van der Waals surface area contributed by atoms with E-state index in [0.29, 0.717) is 23.3 Å². The Morgan fingerprint density at radius 2 is 1.58 bits per heavy atom. The predicted octanol–water partition coefficient (Wildman–Crippen LogP) is 7.52. The van der Waals surface area contributed by atoms with Crippen LogP contribution in [-0.4, -0.2) is 98.3 Å². The lowest BCUT2D eigenvalue weighted by Gasteiger charge is -2.71. The molecule has 5 fully saturated rings. The number of carbonyl (C=O) groups excluding carboxylic acids is 3. The summed E-state index contributed by atoms with van der Waals surface area (Å²) in [5.74, 6) is 0.747. The van der Waals surface area contributed by atoms with Crippen LogP contribution in [0.4, 0.5) is 0 Å². The number of aliphatic hydroxyl groups excluding tert-OH is 1. The molecule has 59 heavy (non-hydrogen) atoms. The van der Waals surface area contributed by atoms with E-state index >= 15 is 0 Å². The molecule has 4 saturated carbocycles. The van der Waals surface area contributed by atoms with Crippen molar-refractivity contribution in [2.75, 3.05) is 59.5 Å². The maximum atomic E-state index is 14.6. The molecule has 10 nitrogen and oxygen atoms in total. The Morgan fingerprint density at radius 1 is 0.864 bits per heavy atom. The molecular formula is C49H76N4O6. The van der Waals surface area contributed by atoms with E-state index < -0.39 is 12.3 Å². The van der Waals surface area contributed by atoms with Gasteiger partial charge in [-0.25, -0.2) is 4.79 Å². The zero-order valence-electron chi connectivity index (χ0n) is 37.9. The molecule has 9 atom stereocenters. The molecule has 3 N–H and O–H groups in total. The smallest absolute Gasteiger partial charge is 0.338 e. The van der Waals surface area contributed by atoms with Gasteiger partial charge in [-0.15, -0.1) is 0 Å². The first-order valence-corrected chi connectivity index (χ1v) is 23.0. The summed E-state index contributed by atoms with van der Waals surface area (Å²) in [6.07, 6.45) is 11.5. The van der Waals surface area contributed by atoms with Gasteiger partial charge in [0.15, 0.2) is 6.29 Å². The summed E-state index contributed by atoms with van der Waals surface area (Å²) in [6.45, 7) is 25.0. The Bertz CT molecular complexity index is 1770. The quantitative estimate of drug-likeness (QED) is 0.0909. The lowest BCUT2D eigenvalue weighted by molar-refractivity contribution is -0.243. The zero-order valence-corrected chi connectivity index (χ0v) is 37.9. The van der Waals surface area contributed by atoms with Crippen LogP contribution >= 0.6 is 0 Å². The number of aliphatic hydroxyl groups is 1. The maximum absolute atomic E-state index is 14.6. The van der Waals surface area contributed by atoms with Gasteiger partial charge in [0.2, 0.25) is 11.8 Å². The highest BCUT2D eigenvalue weighted by Gasteiger charge is 2.69. The van der Waals surface area contributed by atoms with Gasteiger partial charge in [-0.2, -0.15) is 0 Å². The van der Waals surface area contributed by atoms with Crippen LogP contribution in [0.1, 0.15) is 142 Å². The Hall–Kier alpha value is -2.79. The van der Waals surface area contributed by atoms with Gasteiger partial charge < -0.3 is 30.1 Å². The van der Waals surface area contributed by atoms with Crippen molar-refractivity contribution in [3.63, 3.8) is 0 Å². The number of nitrogens with one attached hydrogen (secondary N) is 2. The second-order valence-corrected chi connectivity index (χ2v) is 21.8. The Labute approximate surface area is 355 Å². The number of hydrogen-bond acceptors (Lipinski definition) is 8. The van der Waals surface area contributed by atoms with Gasteiger partial charge in [-0.1, -0.05) is 78.3 Å². The van der Waals surface area contributed by atoms with Gasteiger partial charge >= 0.3 is 5.97 Å². The van der Waals surface area contributed by atoms with Gasteiger partial charge in [0.05, 0.1) is 23.6 Å². The van der Waals surface area contributed by atoms with Crippen molar-refractivity contribution in [2.45, 2.75) is 132 Å². The van der Waals surface area contributed by atoms with Gasteiger partial charge in [0, 0.05) is 51.8 Å². The molecule has 1 saturated heterocycles. The molecule has 1 aliphatic heterocycles. The summed E-state index contributed by atoms with van der Waals surface area (Å²) in [5.41, 5.74) is 2.15. The van der Waals surface area contributed by atoms with Crippen LogP contribution in [0, 0.1) is 50.2 Å². The highest BCUT2D eigenvalue weighted by atomic mass is 16.6. The van der Waals surface area contributed by atoms with E-state index in [0.717, 1.165) is 103 Å². The molecule has 1 aromatic rings. The van der Waals surface area contributed by atoms with Crippen LogP contribution in [0.5, 0.6) is 0 Å². The number of carbonyl (C=O) groups is 3. The molecule has 0 spiro atoms. The Morgan fingerprint density at radius 3 is 2.31 bits per heavy atom. The number of allylic oxidation sites excluding steroid dienone is 2. The SMILES string of the molecule is CC(=O)NCCOC(=O)c1ccccc1C(O)O[C@H]1CC[C@]2(C)[C@H]3CC=C4[C@@H]5CC(C)(C)CC[C@]5(C(=O)NCCN5CCN(C)CC5)CC[C@@]4(C)[C@]3(C)CC[C@H]2C1(C)C. The molecule has 1 aromatic carbocycles. The van der Waals surface area contributed by atoms with E-state index in [2.05, 4.69) is 82.0 Å². The summed E-state index contributed by atoms with van der Waals surface area (Å²) in [6, 6.07) is 6.95. The number of fused-ring (bicyclic) bond motifs is 7. The van der Waals surface area contributed by atoms with Crippen LogP contribution < -0.4 is 10.6 Å². The van der Waals surface area contributed by atoms with Crippen LogP contribution in [-0.2, 0) is 19.1 Å². The number of piperazine rings is 1. The number of ether oxygens (including phenoxy) is 2. The summed E-state index contributed by atoms with van der Waals surface area (Å²) >= 11 is 0. The minimum absolute atomic E-state index is 0.0275. The van der Waals surface area contributed by atoms with Gasteiger partial charge in [0.25, 0.3) is 0 Å². The Kier molecular flexibility index (Phi) is 12.4. The third-order valence-corrected chi connectivity index (χ3v) is 17.8. The second-order valence-electron chi connectivity index (χ2n) is 21.8. The van der Waals surface area contributed by atoms with Crippen molar-refractivity contribution < 1.29 is 29.0 Å². The fourth-order valence-electron chi connectivity index (χ4n) is 14.0. The van der Waals surface area contributed by atoms with E-state index in [4.69, 9.17) is 9.47 Å². The van der Waals surface area contributed by atoms with Crippen LogP contribution in [0.15, 0.2) is 35.9 Å². The highest BCUT2D eigenvalue weighted by Crippen LogP contribution is 2.76. The van der Waals surface area contributed by atoms with Crippen LogP contribution in [0.25, 0.3) is 0 Å². The van der Waals surface area contributed by atoms with Gasteiger partial charge in [-0.3, -0.25) is 14.5 Å². The van der Waals surface area contributed by atoms with Crippen molar-refractivity contribution in [3.05, 3.63) is 47.0 Å². The first-order valence-electron chi connectivity index (χ1n) is 23.0. The highest BCUT2D eigenvalue weighted by molar-refractivity contribution is 5.91. The van der Waals surface area contributed by atoms with E-state index in [1.165, 1.54) is 6.92 Å².